The van der Waals surface area contributed by atoms with Crippen LogP contribution in [0.15, 0.2) is 119 Å². The summed E-state index contributed by atoms with van der Waals surface area (Å²) in [6.07, 6.45) is 1.28. The van der Waals surface area contributed by atoms with Crippen LogP contribution in [0.25, 0.3) is 0 Å². The van der Waals surface area contributed by atoms with Crippen LogP contribution in [0, 0.1) is 6.92 Å². The van der Waals surface area contributed by atoms with Crippen LogP contribution >= 0.6 is 0 Å². The molecular formula is C32H35N9O10S3. The molecule has 22 heteroatoms. The summed E-state index contributed by atoms with van der Waals surface area (Å²) in [5.74, 6) is -2.67. The van der Waals surface area contributed by atoms with Gasteiger partial charge < -0.3 is 22.3 Å². The second-order valence-corrected chi connectivity index (χ2v) is 16.4. The van der Waals surface area contributed by atoms with Gasteiger partial charge in [0.1, 0.15) is 27.7 Å². The number of aryl methyl sites for hydroxylation is 1. The average molecular weight is 802 g/mol. The van der Waals surface area contributed by atoms with Gasteiger partial charge in [0, 0.05) is 1.43 Å². The summed E-state index contributed by atoms with van der Waals surface area (Å²) < 4.78 is 84.1. The number of carboxylic acids is 1. The first-order valence-corrected chi connectivity index (χ1v) is 20.0. The van der Waals surface area contributed by atoms with E-state index < -0.39 is 59.7 Å². The number of allylic oxidation sites excluding steroid dienone is 1. The van der Waals surface area contributed by atoms with Crippen molar-refractivity contribution >= 4 is 81.5 Å². The smallest absolute Gasteiger partial charge is 0.397 e. The Morgan fingerprint density at radius 1 is 0.741 bits per heavy atom. The lowest BCUT2D eigenvalue weighted by Crippen LogP contribution is -2.15. The molecule has 4 aromatic rings. The molecule has 0 heterocycles. The first-order valence-electron chi connectivity index (χ1n) is 15.3. The minimum Gasteiger partial charge on any atom is -0.478 e. The molecule has 4 rings (SSSR count). The van der Waals surface area contributed by atoms with Crippen molar-refractivity contribution in [2.75, 3.05) is 23.8 Å². The van der Waals surface area contributed by atoms with Gasteiger partial charge in [-0.3, -0.25) is 4.55 Å². The molecule has 0 atom stereocenters. The van der Waals surface area contributed by atoms with Crippen LogP contribution in [0.5, 0.6) is 0 Å². The average Bonchev–Trinajstić information content (AvgIpc) is 3.10. The number of hydrogen-bond acceptors (Lipinski definition) is 17. The van der Waals surface area contributed by atoms with Crippen LogP contribution in [-0.2, 0) is 40.0 Å². The van der Waals surface area contributed by atoms with Crippen LogP contribution < -0.4 is 17.2 Å². The molecule has 0 aromatic heterocycles. The maximum atomic E-state index is 12.7. The van der Waals surface area contributed by atoms with Crippen molar-refractivity contribution in [3.63, 3.8) is 0 Å². The number of nitrogens with zero attached hydrogens (tertiary/aromatic N) is 6. The van der Waals surface area contributed by atoms with E-state index in [0.29, 0.717) is 11.3 Å². The van der Waals surface area contributed by atoms with Crippen LogP contribution in [0.1, 0.15) is 29.8 Å². The molecular weight excluding hydrogens is 767 g/mol. The Morgan fingerprint density at radius 3 is 1.63 bits per heavy atom. The Kier molecular flexibility index (Phi) is 12.7. The lowest BCUT2D eigenvalue weighted by molar-refractivity contribution is 0.0698. The number of aromatic carboxylic acids is 1. The topological polar surface area (TPSA) is 321 Å². The number of nitrogens with two attached hydrogens (primary N) is 3. The van der Waals surface area contributed by atoms with E-state index in [-0.39, 0.29) is 51.2 Å². The molecule has 19 nitrogen and oxygen atoms in total. The van der Waals surface area contributed by atoms with E-state index in [1.165, 1.54) is 49.4 Å². The van der Waals surface area contributed by atoms with Crippen LogP contribution in [0.4, 0.5) is 45.5 Å². The molecule has 0 aliphatic rings. The molecule has 0 fully saturated rings. The quantitative estimate of drug-likeness (QED) is 0.0476. The maximum absolute atomic E-state index is 12.7. The Bertz CT molecular complexity index is 2510. The highest BCUT2D eigenvalue weighted by Gasteiger charge is 2.27. The van der Waals surface area contributed by atoms with Gasteiger partial charge in [0.25, 0.3) is 0 Å². The number of sulfone groups is 2. The van der Waals surface area contributed by atoms with Crippen molar-refractivity contribution in [1.82, 2.24) is 0 Å². The number of hydrogen-bond donors (Lipinski definition) is 5. The summed E-state index contributed by atoms with van der Waals surface area (Å²) in [5, 5.41) is 34.6. The zero-order chi connectivity index (χ0) is 39.8. The summed E-state index contributed by atoms with van der Waals surface area (Å²) in [7, 11) is -12.6. The monoisotopic (exact) mass is 801 g/mol. The molecule has 54 heavy (non-hydrogen) atoms. The van der Waals surface area contributed by atoms with E-state index in [2.05, 4.69) is 34.9 Å². The fourth-order valence-corrected chi connectivity index (χ4v) is 7.08. The highest BCUT2D eigenvalue weighted by atomic mass is 32.3. The van der Waals surface area contributed by atoms with Gasteiger partial charge in [-0.1, -0.05) is 35.9 Å². The highest BCUT2D eigenvalue weighted by molar-refractivity contribution is 7.94. The van der Waals surface area contributed by atoms with Gasteiger partial charge in [0.2, 0.25) is 0 Å². The Hall–Kier alpha value is -5.94. The molecule has 0 saturated carbocycles. The molecule has 0 bridgehead atoms. The zero-order valence-corrected chi connectivity index (χ0v) is 30.9. The van der Waals surface area contributed by atoms with Gasteiger partial charge in [0.15, 0.2) is 19.7 Å². The normalized spacial score (nSPS) is 13.0. The second-order valence-electron chi connectivity index (χ2n) is 11.2. The first kappa shape index (κ1) is 40.8. The van der Waals surface area contributed by atoms with Gasteiger partial charge in [0.05, 0.1) is 51.4 Å². The van der Waals surface area contributed by atoms with Crippen molar-refractivity contribution in [2.45, 2.75) is 24.5 Å². The fraction of sp³-hybridized carbons (Fsp3) is 0.156. The van der Waals surface area contributed by atoms with Crippen molar-refractivity contribution < 1.29 is 45.3 Å². The van der Waals surface area contributed by atoms with Crippen molar-refractivity contribution in [3.05, 3.63) is 101 Å². The highest BCUT2D eigenvalue weighted by Crippen LogP contribution is 2.49. The van der Waals surface area contributed by atoms with Crippen LogP contribution in [-0.4, -0.2) is 53.2 Å². The first-order chi connectivity index (χ1) is 25.3. The molecule has 286 valence electrons. The molecule has 0 radical (unpaired) electrons. The van der Waals surface area contributed by atoms with Gasteiger partial charge in [-0.25, -0.2) is 25.8 Å². The van der Waals surface area contributed by atoms with E-state index in [1.807, 2.05) is 6.92 Å². The van der Waals surface area contributed by atoms with Gasteiger partial charge >= 0.3 is 16.4 Å². The predicted octanol–water partition coefficient (Wildman–Crippen LogP) is 6.68. The summed E-state index contributed by atoms with van der Waals surface area (Å²) >= 11 is 0. The van der Waals surface area contributed by atoms with Gasteiger partial charge in [-0.15, -0.1) is 15.3 Å². The summed E-state index contributed by atoms with van der Waals surface area (Å²) in [6, 6.07) is 17.5. The number of rotatable bonds is 15. The van der Waals surface area contributed by atoms with Crippen LogP contribution in [0.2, 0.25) is 0 Å². The largest absolute Gasteiger partial charge is 0.478 e. The third kappa shape index (κ3) is 10.6. The summed E-state index contributed by atoms with van der Waals surface area (Å²) in [5.41, 5.74) is 18.0. The molecule has 8 N–H and O–H groups in total. The maximum Gasteiger partial charge on any atom is 0.397 e. The van der Waals surface area contributed by atoms with E-state index in [1.54, 1.807) is 24.3 Å². The number of carboxylic acid groups (broad SMARTS) is 1. The molecule has 0 aliphatic heterocycles. The second kappa shape index (κ2) is 16.8. The standard InChI is InChI=1S/C32H33N9O10S3.H2/c1-3-25(33)53(46,47)18-20-6-10-22(11-7-20)37-40-30-26(32(42)43)29(39-36-21-8-4-19(2)5-9-21)27(34)31(28(30)35)41-38-23-12-14-24(15-13-23)52(44,45)17-16-51-54(48,49)50;/h3-15H,16-18,33-35H2,1-2H3,(H,42,43)(H,48,49,50);1H/b25-3-,39-36?,40-37?,41-38?;. The third-order valence-corrected chi connectivity index (χ3v) is 11.1. The molecule has 0 amide bonds. The lowest BCUT2D eigenvalue weighted by atomic mass is 10.1. The lowest BCUT2D eigenvalue weighted by Gasteiger charge is -2.13. The molecule has 0 saturated heterocycles. The van der Waals surface area contributed by atoms with E-state index in [9.17, 15) is 35.2 Å². The summed E-state index contributed by atoms with van der Waals surface area (Å²) in [6.45, 7) is 2.54. The minimum absolute atomic E-state index is 0. The predicted molar refractivity (Wildman–Crippen MR) is 201 cm³/mol. The van der Waals surface area contributed by atoms with E-state index in [4.69, 9.17) is 21.8 Å². The number of azo groups is 3. The van der Waals surface area contributed by atoms with E-state index >= 15 is 0 Å². The number of carbonyl (C=O) groups is 1. The zero-order valence-electron chi connectivity index (χ0n) is 28.4. The number of nitrogen functional groups attached to an aromatic ring is 2. The number of anilines is 2. The molecule has 0 unspecified atom stereocenters. The summed E-state index contributed by atoms with van der Waals surface area (Å²) in [4.78, 5) is 12.4. The Balaban J connectivity index is 0.00000812. The van der Waals surface area contributed by atoms with Gasteiger partial charge in [-0.2, -0.15) is 23.8 Å². The number of benzene rings is 4. The van der Waals surface area contributed by atoms with Crippen molar-refractivity contribution in [2.24, 2.45) is 36.4 Å². The van der Waals surface area contributed by atoms with Crippen LogP contribution in [0.3, 0.4) is 0 Å². The molecule has 0 spiro atoms. The van der Waals surface area contributed by atoms with E-state index in [0.717, 1.165) is 17.7 Å². The van der Waals surface area contributed by atoms with Crippen molar-refractivity contribution in [1.29, 1.82) is 0 Å². The SMILES string of the molecule is C/C=C(/N)S(=O)(=O)Cc1ccc(N=Nc2c(N)c(N=Nc3ccc(S(=O)(=O)CCOS(=O)(=O)O)cc3)c(N)c(N=Nc3ccc(C)cc3)c2C(=O)O)cc1.[HH]. The molecule has 4 aromatic carbocycles. The Labute approximate surface area is 311 Å². The minimum atomic E-state index is -4.83. The van der Waals surface area contributed by atoms with Crippen molar-refractivity contribution in [3.8, 4) is 0 Å². The Morgan fingerprint density at radius 2 is 1.19 bits per heavy atom. The van der Waals surface area contributed by atoms with Gasteiger partial charge in [-0.05, 0) is 67.9 Å². The fourth-order valence-electron chi connectivity index (χ4n) is 4.43. The third-order valence-electron chi connectivity index (χ3n) is 7.26. The molecule has 0 aliphatic carbocycles.